The first-order chi connectivity index (χ1) is 6.77. The smallest absolute Gasteiger partial charge is 0.870 e. The molecule has 2 nitrogen and oxygen atoms in total. The Hall–Kier alpha value is 0.495. The van der Waals surface area contributed by atoms with Crippen molar-refractivity contribution in [3.63, 3.8) is 0 Å². The molecule has 3 heteroatoms. The Balaban J connectivity index is 0.00000112. The summed E-state index contributed by atoms with van der Waals surface area (Å²) in [5, 5.41) is 11.3. The van der Waals surface area contributed by atoms with Crippen molar-refractivity contribution in [1.82, 2.24) is 0 Å². The number of rotatable bonds is 1. The summed E-state index contributed by atoms with van der Waals surface area (Å²) in [7, 11) is 0. The molecule has 1 aliphatic rings. The predicted molar refractivity (Wildman–Crippen MR) is 53.4 cm³/mol. The Morgan fingerprint density at radius 3 is 2.53 bits per heavy atom. The molecule has 0 N–H and O–H groups in total. The fraction of sp³-hybridized carbons (Fsp3) is 0.417. The minimum Gasteiger partial charge on any atom is -0.870 e. The summed E-state index contributed by atoms with van der Waals surface area (Å²) >= 11 is 0. The average molecular weight is 275 g/mol. The molecule has 0 aromatic heterocycles. The van der Waals surface area contributed by atoms with E-state index in [0.717, 1.165) is 18.4 Å². The van der Waals surface area contributed by atoms with Crippen LogP contribution in [0.25, 0.3) is 0 Å². The molecule has 0 unspecified atom stereocenters. The summed E-state index contributed by atoms with van der Waals surface area (Å²) in [6, 6.07) is 6.45. The molecular weight excluding hydrogens is 262 g/mol. The van der Waals surface area contributed by atoms with Gasteiger partial charge in [0, 0.05) is 0 Å². The topological polar surface area (TPSA) is 40.1 Å². The van der Waals surface area contributed by atoms with E-state index in [0.29, 0.717) is 5.92 Å². The van der Waals surface area contributed by atoms with Gasteiger partial charge in [-0.3, -0.25) is 4.79 Å². The van der Waals surface area contributed by atoms with Crippen LogP contribution in [0.1, 0.15) is 37.2 Å². The molecule has 15 heavy (non-hydrogen) atoms. The molecule has 0 aliphatic heterocycles. The summed E-state index contributed by atoms with van der Waals surface area (Å²) in [5.41, 5.74) is 0.629. The van der Waals surface area contributed by atoms with Crippen LogP contribution in [0.3, 0.4) is 0 Å². The maximum atomic E-state index is 11.3. The minimum atomic E-state index is -0.408. The zero-order valence-electron chi connectivity index (χ0n) is 9.03. The Morgan fingerprint density at radius 1 is 1.20 bits per heavy atom. The Labute approximate surface area is 139 Å². The van der Waals surface area contributed by atoms with Gasteiger partial charge in [-0.15, -0.1) is 0 Å². The van der Waals surface area contributed by atoms with E-state index in [-0.39, 0.29) is 63.9 Å². The minimum absolute atomic E-state index is 0. The SMILES string of the molecule is O=c1cccc(C2CCCC2)cc1[O-].[Rb+]. The van der Waals surface area contributed by atoms with Crippen molar-refractivity contribution in [2.45, 2.75) is 31.6 Å². The second-order valence-corrected chi connectivity index (χ2v) is 3.88. The van der Waals surface area contributed by atoms with Crippen LogP contribution >= 0.6 is 0 Å². The molecule has 74 valence electrons. The average Bonchev–Trinajstić information content (AvgIpc) is 2.63. The quantitative estimate of drug-likeness (QED) is 0.644. The van der Waals surface area contributed by atoms with Gasteiger partial charge in [-0.2, -0.15) is 0 Å². The van der Waals surface area contributed by atoms with E-state index < -0.39 is 5.43 Å². The second-order valence-electron chi connectivity index (χ2n) is 3.88. The maximum Gasteiger partial charge on any atom is 1.00 e. The van der Waals surface area contributed by atoms with Crippen molar-refractivity contribution in [1.29, 1.82) is 0 Å². The normalized spacial score (nSPS) is 16.0. The van der Waals surface area contributed by atoms with Crippen LogP contribution in [0, 0.1) is 0 Å². The molecular formula is C12H13O2Rb. The van der Waals surface area contributed by atoms with Gasteiger partial charge in [0.15, 0.2) is 5.43 Å². The maximum absolute atomic E-state index is 11.3. The molecule has 1 aliphatic carbocycles. The van der Waals surface area contributed by atoms with Crippen molar-refractivity contribution in [2.24, 2.45) is 0 Å². The molecule has 1 saturated carbocycles. The first kappa shape index (κ1) is 13.6. The van der Waals surface area contributed by atoms with E-state index >= 15 is 0 Å². The summed E-state index contributed by atoms with van der Waals surface area (Å²) < 4.78 is 0. The molecule has 1 fully saturated rings. The van der Waals surface area contributed by atoms with Crippen molar-refractivity contribution in [3.05, 3.63) is 40.1 Å². The van der Waals surface area contributed by atoms with E-state index in [2.05, 4.69) is 0 Å². The van der Waals surface area contributed by atoms with Crippen molar-refractivity contribution < 1.29 is 63.3 Å². The van der Waals surface area contributed by atoms with Gasteiger partial charge in [0.25, 0.3) is 0 Å². The van der Waals surface area contributed by atoms with E-state index in [1.165, 1.54) is 25.0 Å². The fourth-order valence-corrected chi connectivity index (χ4v) is 2.11. The molecule has 1 aromatic rings. The third-order valence-electron chi connectivity index (χ3n) is 2.90. The Bertz CT molecular complexity index is 384. The van der Waals surface area contributed by atoms with E-state index in [4.69, 9.17) is 0 Å². The number of hydrogen-bond donors (Lipinski definition) is 0. The molecule has 0 saturated heterocycles. The van der Waals surface area contributed by atoms with Gasteiger partial charge in [0.2, 0.25) is 0 Å². The van der Waals surface area contributed by atoms with Gasteiger partial charge in [0.05, 0.1) is 0 Å². The van der Waals surface area contributed by atoms with Crippen LogP contribution in [-0.4, -0.2) is 0 Å². The van der Waals surface area contributed by atoms with Gasteiger partial charge in [-0.1, -0.05) is 36.8 Å². The van der Waals surface area contributed by atoms with Crippen molar-refractivity contribution >= 4 is 0 Å². The van der Waals surface area contributed by atoms with Gasteiger partial charge in [-0.25, -0.2) is 0 Å². The van der Waals surface area contributed by atoms with Crippen molar-refractivity contribution in [2.75, 3.05) is 0 Å². The summed E-state index contributed by atoms with van der Waals surface area (Å²) in [4.78, 5) is 11.1. The van der Waals surface area contributed by atoms with Crippen LogP contribution in [0.4, 0.5) is 0 Å². The summed E-state index contributed by atoms with van der Waals surface area (Å²) in [6.45, 7) is 0. The van der Waals surface area contributed by atoms with E-state index in [1.54, 1.807) is 6.07 Å². The molecule has 0 atom stereocenters. The zero-order chi connectivity index (χ0) is 9.97. The molecule has 2 rings (SSSR count). The third-order valence-corrected chi connectivity index (χ3v) is 2.90. The van der Waals surface area contributed by atoms with Crippen LogP contribution < -0.4 is 68.7 Å². The van der Waals surface area contributed by atoms with E-state index in [9.17, 15) is 9.90 Å². The Morgan fingerprint density at radius 2 is 1.87 bits per heavy atom. The second kappa shape index (κ2) is 6.28. The standard InChI is InChI=1S/C12H14O2.Rb/c13-11-7-3-6-10(8-12(11)14)9-4-1-2-5-9;/h3,6-9H,1-2,4-5H2,(H,13,14);/q;+1/p-1. The van der Waals surface area contributed by atoms with Gasteiger partial charge < -0.3 is 5.11 Å². The molecule has 0 radical (unpaired) electrons. The zero-order valence-corrected chi connectivity index (χ0v) is 13.9. The van der Waals surface area contributed by atoms with Crippen LogP contribution in [0.2, 0.25) is 0 Å². The first-order valence-corrected chi connectivity index (χ1v) is 5.08. The summed E-state index contributed by atoms with van der Waals surface area (Å²) in [6.07, 6.45) is 4.78. The molecule has 0 amide bonds. The molecule has 1 aromatic carbocycles. The van der Waals surface area contributed by atoms with Crippen LogP contribution in [-0.2, 0) is 0 Å². The monoisotopic (exact) mass is 274 g/mol. The van der Waals surface area contributed by atoms with Gasteiger partial charge >= 0.3 is 58.2 Å². The van der Waals surface area contributed by atoms with Crippen molar-refractivity contribution in [3.8, 4) is 5.75 Å². The third kappa shape index (κ3) is 3.48. The predicted octanol–water partition coefficient (Wildman–Crippen LogP) is -1.22. The first-order valence-electron chi connectivity index (χ1n) is 5.08. The summed E-state index contributed by atoms with van der Waals surface area (Å²) in [5.74, 6) is 0.117. The van der Waals surface area contributed by atoms with Gasteiger partial charge in [-0.05, 0) is 30.4 Å². The molecule has 0 spiro atoms. The molecule has 0 heterocycles. The fourth-order valence-electron chi connectivity index (χ4n) is 2.11. The largest absolute Gasteiger partial charge is 1.00 e. The van der Waals surface area contributed by atoms with Crippen LogP contribution in [0.5, 0.6) is 5.75 Å². The number of hydrogen-bond acceptors (Lipinski definition) is 2. The van der Waals surface area contributed by atoms with Crippen LogP contribution in [0.15, 0.2) is 29.1 Å². The Kier molecular flexibility index (Phi) is 5.68. The molecule has 0 bridgehead atoms. The van der Waals surface area contributed by atoms with Gasteiger partial charge in [0.1, 0.15) is 0 Å². The van der Waals surface area contributed by atoms with E-state index in [1.807, 2.05) is 6.07 Å².